The van der Waals surface area contributed by atoms with Crippen molar-refractivity contribution in [1.29, 1.82) is 5.26 Å². The van der Waals surface area contributed by atoms with Gasteiger partial charge in [0.25, 0.3) is 0 Å². The van der Waals surface area contributed by atoms with Gasteiger partial charge in [0.1, 0.15) is 5.75 Å². The molecule has 1 aliphatic rings. The van der Waals surface area contributed by atoms with Crippen LogP contribution in [0.4, 0.5) is 0 Å². The van der Waals surface area contributed by atoms with Crippen molar-refractivity contribution >= 4 is 0 Å². The van der Waals surface area contributed by atoms with Crippen LogP contribution in [0.5, 0.6) is 5.75 Å². The topological polar surface area (TPSA) is 33.0 Å². The molecule has 1 aliphatic carbocycles. The largest absolute Gasteiger partial charge is 0.490 e. The van der Waals surface area contributed by atoms with Crippen molar-refractivity contribution in [1.82, 2.24) is 0 Å². The molecule has 0 atom stereocenters. The second kappa shape index (κ2) is 2.86. The van der Waals surface area contributed by atoms with E-state index in [1.54, 1.807) is 12.1 Å². The van der Waals surface area contributed by atoms with Crippen LogP contribution in [0.1, 0.15) is 18.4 Å². The van der Waals surface area contributed by atoms with Gasteiger partial charge in [-0.05, 0) is 37.1 Å². The fourth-order valence-electron chi connectivity index (χ4n) is 0.986. The van der Waals surface area contributed by atoms with Crippen molar-refractivity contribution in [2.75, 3.05) is 0 Å². The molecule has 12 heavy (non-hydrogen) atoms. The van der Waals surface area contributed by atoms with E-state index in [-0.39, 0.29) is 0 Å². The molecule has 2 rings (SSSR count). The van der Waals surface area contributed by atoms with Gasteiger partial charge < -0.3 is 4.74 Å². The quantitative estimate of drug-likeness (QED) is 0.662. The predicted octanol–water partition coefficient (Wildman–Crippen LogP) is 2.10. The van der Waals surface area contributed by atoms with Gasteiger partial charge in [-0.2, -0.15) is 5.26 Å². The first kappa shape index (κ1) is 7.17. The molecule has 0 radical (unpaired) electrons. The Morgan fingerprint density at radius 2 is 1.92 bits per heavy atom. The molecule has 0 aliphatic heterocycles. The molecule has 1 aromatic rings. The maximum absolute atomic E-state index is 8.53. The van der Waals surface area contributed by atoms with Crippen LogP contribution in [0, 0.1) is 11.3 Å². The van der Waals surface area contributed by atoms with E-state index in [2.05, 4.69) is 6.07 Å². The van der Waals surface area contributed by atoms with Crippen LogP contribution in [-0.2, 0) is 0 Å². The molecule has 0 N–H and O–H groups in total. The summed E-state index contributed by atoms with van der Waals surface area (Å²) < 4.78 is 5.52. The molecule has 0 unspecified atom stereocenters. The van der Waals surface area contributed by atoms with Crippen LogP contribution in [0.3, 0.4) is 0 Å². The highest BCUT2D eigenvalue weighted by Gasteiger charge is 2.23. The summed E-state index contributed by atoms with van der Waals surface area (Å²) in [5.41, 5.74) is 0.679. The molecule has 0 saturated heterocycles. The van der Waals surface area contributed by atoms with E-state index in [9.17, 15) is 0 Å². The summed E-state index contributed by atoms with van der Waals surface area (Å²) in [5.74, 6) is 0.872. The lowest BCUT2D eigenvalue weighted by Crippen LogP contribution is -1.94. The second-order valence-electron chi connectivity index (χ2n) is 2.95. The Labute approximate surface area is 71.4 Å². The Hall–Kier alpha value is -1.49. The number of ether oxygens (including phenoxy) is 1. The van der Waals surface area contributed by atoms with Gasteiger partial charge in [-0.3, -0.25) is 0 Å². The van der Waals surface area contributed by atoms with Crippen LogP contribution >= 0.6 is 0 Å². The van der Waals surface area contributed by atoms with Crippen LogP contribution < -0.4 is 4.74 Å². The molecule has 0 bridgehead atoms. The minimum Gasteiger partial charge on any atom is -0.490 e. The predicted molar refractivity (Wildman–Crippen MR) is 44.8 cm³/mol. The Bertz CT molecular complexity index is 306. The first-order chi connectivity index (χ1) is 5.88. The van der Waals surface area contributed by atoms with Gasteiger partial charge in [-0.15, -0.1) is 0 Å². The molecule has 1 aromatic carbocycles. The fourth-order valence-corrected chi connectivity index (χ4v) is 0.986. The van der Waals surface area contributed by atoms with Crippen LogP contribution in [0.15, 0.2) is 24.3 Å². The Kier molecular flexibility index (Phi) is 1.71. The third-order valence-electron chi connectivity index (χ3n) is 1.81. The van der Waals surface area contributed by atoms with E-state index in [0.717, 1.165) is 5.75 Å². The summed E-state index contributed by atoms with van der Waals surface area (Å²) in [5, 5.41) is 8.53. The lowest BCUT2D eigenvalue weighted by molar-refractivity contribution is 0.303. The maximum Gasteiger partial charge on any atom is 0.119 e. The van der Waals surface area contributed by atoms with E-state index in [1.165, 1.54) is 12.8 Å². The molecule has 0 heterocycles. The molecular formula is C10H9NO. The number of hydrogen-bond acceptors (Lipinski definition) is 2. The van der Waals surface area contributed by atoms with Crippen molar-refractivity contribution < 1.29 is 4.74 Å². The van der Waals surface area contributed by atoms with Crippen LogP contribution in [0.25, 0.3) is 0 Å². The van der Waals surface area contributed by atoms with Crippen molar-refractivity contribution in [3.63, 3.8) is 0 Å². The van der Waals surface area contributed by atoms with Crippen molar-refractivity contribution in [2.24, 2.45) is 0 Å². The first-order valence-corrected chi connectivity index (χ1v) is 4.05. The van der Waals surface area contributed by atoms with E-state index in [0.29, 0.717) is 11.7 Å². The number of hydrogen-bond donors (Lipinski definition) is 0. The fraction of sp³-hybridized carbons (Fsp3) is 0.300. The monoisotopic (exact) mass is 159 g/mol. The average molecular weight is 159 g/mol. The zero-order valence-corrected chi connectivity index (χ0v) is 6.66. The standard InChI is InChI=1S/C10H9NO/c11-7-8-1-3-9(4-2-8)12-10-5-6-10/h1-4,10H,5-6H2. The molecule has 2 heteroatoms. The summed E-state index contributed by atoms with van der Waals surface area (Å²) in [6.45, 7) is 0. The van der Waals surface area contributed by atoms with Gasteiger partial charge in [0.15, 0.2) is 0 Å². The summed E-state index contributed by atoms with van der Waals surface area (Å²) in [6.07, 6.45) is 2.76. The number of nitrogens with zero attached hydrogens (tertiary/aromatic N) is 1. The SMILES string of the molecule is N#Cc1ccc(OC2CC2)cc1. The smallest absolute Gasteiger partial charge is 0.119 e. The number of benzene rings is 1. The van der Waals surface area contributed by atoms with Crippen molar-refractivity contribution in [3.05, 3.63) is 29.8 Å². The summed E-state index contributed by atoms with van der Waals surface area (Å²) >= 11 is 0. The molecule has 1 fully saturated rings. The van der Waals surface area contributed by atoms with Gasteiger partial charge >= 0.3 is 0 Å². The molecule has 1 saturated carbocycles. The highest BCUT2D eigenvalue weighted by molar-refractivity contribution is 5.34. The molecule has 0 amide bonds. The molecule has 2 nitrogen and oxygen atoms in total. The third kappa shape index (κ3) is 1.57. The number of rotatable bonds is 2. The number of nitriles is 1. The van der Waals surface area contributed by atoms with E-state index < -0.39 is 0 Å². The molecule has 0 aromatic heterocycles. The molecular weight excluding hydrogens is 150 g/mol. The Morgan fingerprint density at radius 3 is 2.42 bits per heavy atom. The van der Waals surface area contributed by atoms with Crippen molar-refractivity contribution in [3.8, 4) is 11.8 Å². The maximum atomic E-state index is 8.53. The van der Waals surface area contributed by atoms with E-state index in [1.807, 2.05) is 12.1 Å². The minimum absolute atomic E-state index is 0.429. The van der Waals surface area contributed by atoms with Gasteiger partial charge in [-0.25, -0.2) is 0 Å². The van der Waals surface area contributed by atoms with Crippen LogP contribution in [0.2, 0.25) is 0 Å². The lowest BCUT2D eigenvalue weighted by Gasteiger charge is -2.02. The highest BCUT2D eigenvalue weighted by atomic mass is 16.5. The van der Waals surface area contributed by atoms with E-state index in [4.69, 9.17) is 10.00 Å². The van der Waals surface area contributed by atoms with Gasteiger partial charge in [-0.1, -0.05) is 0 Å². The summed E-state index contributed by atoms with van der Waals surface area (Å²) in [6, 6.07) is 9.31. The molecule has 60 valence electrons. The normalized spacial score (nSPS) is 15.2. The lowest BCUT2D eigenvalue weighted by atomic mass is 10.2. The molecule has 0 spiro atoms. The Morgan fingerprint density at radius 1 is 1.25 bits per heavy atom. The summed E-state index contributed by atoms with van der Waals surface area (Å²) in [4.78, 5) is 0. The average Bonchev–Trinajstić information content (AvgIpc) is 2.90. The highest BCUT2D eigenvalue weighted by Crippen LogP contribution is 2.26. The van der Waals surface area contributed by atoms with Crippen molar-refractivity contribution in [2.45, 2.75) is 18.9 Å². The second-order valence-corrected chi connectivity index (χ2v) is 2.95. The van der Waals surface area contributed by atoms with E-state index >= 15 is 0 Å². The third-order valence-corrected chi connectivity index (χ3v) is 1.81. The first-order valence-electron chi connectivity index (χ1n) is 4.05. The minimum atomic E-state index is 0.429. The van der Waals surface area contributed by atoms with Crippen LogP contribution in [-0.4, -0.2) is 6.10 Å². The Balaban J connectivity index is 2.08. The van der Waals surface area contributed by atoms with Gasteiger partial charge in [0.2, 0.25) is 0 Å². The van der Waals surface area contributed by atoms with Gasteiger partial charge in [0, 0.05) is 0 Å². The van der Waals surface area contributed by atoms with Gasteiger partial charge in [0.05, 0.1) is 17.7 Å². The zero-order valence-electron chi connectivity index (χ0n) is 6.66. The zero-order chi connectivity index (χ0) is 8.39. The summed E-state index contributed by atoms with van der Waals surface area (Å²) in [7, 11) is 0.